The first-order chi connectivity index (χ1) is 13.9. The molecule has 1 aliphatic heterocycles. The quantitative estimate of drug-likeness (QED) is 0.624. The molecular formula is C21H36N4O3S. The van der Waals surface area contributed by atoms with Crippen molar-refractivity contribution in [2.75, 3.05) is 25.4 Å². The van der Waals surface area contributed by atoms with E-state index < -0.39 is 9.84 Å². The first kappa shape index (κ1) is 22.3. The Bertz CT molecular complexity index is 786. The third kappa shape index (κ3) is 6.04. The SMILES string of the molecule is CCCCn1c(CN2CCCC(CNC(C)=O)C2)cnc1S(=O)(=O)CC1CCC1. The van der Waals surface area contributed by atoms with Crippen LogP contribution in [0.4, 0.5) is 0 Å². The fourth-order valence-electron chi connectivity index (χ4n) is 4.34. The summed E-state index contributed by atoms with van der Waals surface area (Å²) in [5.74, 6) is 0.997. The van der Waals surface area contributed by atoms with Gasteiger partial charge in [0.2, 0.25) is 20.9 Å². The highest BCUT2D eigenvalue weighted by atomic mass is 32.2. The number of imidazole rings is 1. The average molecular weight is 425 g/mol. The fourth-order valence-corrected chi connectivity index (χ4v) is 6.21. The molecule has 0 spiro atoms. The van der Waals surface area contributed by atoms with Crippen LogP contribution in [0.2, 0.25) is 0 Å². The molecule has 1 aromatic heterocycles. The van der Waals surface area contributed by atoms with Gasteiger partial charge in [-0.15, -0.1) is 0 Å². The van der Waals surface area contributed by atoms with Gasteiger partial charge < -0.3 is 9.88 Å². The van der Waals surface area contributed by atoms with Gasteiger partial charge in [0.05, 0.1) is 17.6 Å². The lowest BCUT2D eigenvalue weighted by molar-refractivity contribution is -0.119. The van der Waals surface area contributed by atoms with Crippen molar-refractivity contribution in [1.82, 2.24) is 19.8 Å². The van der Waals surface area contributed by atoms with Crippen LogP contribution in [-0.4, -0.2) is 54.2 Å². The third-order valence-corrected chi connectivity index (χ3v) is 8.02. The van der Waals surface area contributed by atoms with E-state index in [2.05, 4.69) is 22.1 Å². The molecule has 8 heteroatoms. The molecule has 1 aromatic rings. The minimum Gasteiger partial charge on any atom is -0.356 e. The van der Waals surface area contributed by atoms with Gasteiger partial charge in [0.15, 0.2) is 0 Å². The Morgan fingerprint density at radius 2 is 2.00 bits per heavy atom. The maximum absolute atomic E-state index is 13.0. The Morgan fingerprint density at radius 3 is 2.66 bits per heavy atom. The number of sulfone groups is 1. The van der Waals surface area contributed by atoms with E-state index in [1.54, 1.807) is 13.1 Å². The van der Waals surface area contributed by atoms with Crippen LogP contribution < -0.4 is 5.32 Å². The standard InChI is InChI=1S/C21H36N4O3S/c1-3-4-11-25-20(13-23-21(25)29(27,28)16-18-7-5-8-18)15-24-10-6-9-19(14-24)12-22-17(2)26/h13,18-19H,3-12,14-16H2,1-2H3,(H,22,26). The third-order valence-electron chi connectivity index (χ3n) is 6.22. The smallest absolute Gasteiger partial charge is 0.227 e. The van der Waals surface area contributed by atoms with Gasteiger partial charge in [0, 0.05) is 33.1 Å². The van der Waals surface area contributed by atoms with Crippen LogP contribution in [0.1, 0.15) is 64.5 Å². The molecule has 0 bridgehead atoms. The van der Waals surface area contributed by atoms with E-state index in [9.17, 15) is 13.2 Å². The van der Waals surface area contributed by atoms with E-state index in [4.69, 9.17) is 0 Å². The van der Waals surface area contributed by atoms with Gasteiger partial charge in [0.1, 0.15) is 0 Å². The summed E-state index contributed by atoms with van der Waals surface area (Å²) in [7, 11) is -3.34. The predicted molar refractivity (Wildman–Crippen MR) is 113 cm³/mol. The van der Waals surface area contributed by atoms with Gasteiger partial charge in [-0.1, -0.05) is 19.8 Å². The summed E-state index contributed by atoms with van der Waals surface area (Å²) in [5.41, 5.74) is 0.991. The summed E-state index contributed by atoms with van der Waals surface area (Å²) in [6.07, 6.45) is 9.12. The number of unbranched alkanes of at least 4 members (excludes halogenated alkanes) is 1. The van der Waals surface area contributed by atoms with E-state index >= 15 is 0 Å². The van der Waals surface area contributed by atoms with E-state index in [1.165, 1.54) is 0 Å². The van der Waals surface area contributed by atoms with Crippen molar-refractivity contribution >= 4 is 15.7 Å². The second-order valence-electron chi connectivity index (χ2n) is 8.80. The number of aromatic nitrogens is 2. The van der Waals surface area contributed by atoms with E-state index in [-0.39, 0.29) is 16.8 Å². The van der Waals surface area contributed by atoms with Crippen molar-refractivity contribution in [2.45, 2.75) is 77.0 Å². The van der Waals surface area contributed by atoms with Crippen molar-refractivity contribution in [2.24, 2.45) is 11.8 Å². The maximum atomic E-state index is 13.0. The topological polar surface area (TPSA) is 84.3 Å². The molecule has 2 heterocycles. The first-order valence-electron chi connectivity index (χ1n) is 11.1. The van der Waals surface area contributed by atoms with Gasteiger partial charge in [-0.2, -0.15) is 0 Å². The minimum absolute atomic E-state index is 0.0149. The molecule has 2 aliphatic rings. The second-order valence-corrected chi connectivity index (χ2v) is 10.7. The maximum Gasteiger partial charge on any atom is 0.227 e. The minimum atomic E-state index is -3.34. The summed E-state index contributed by atoms with van der Waals surface area (Å²) < 4.78 is 27.9. The van der Waals surface area contributed by atoms with Crippen molar-refractivity contribution < 1.29 is 13.2 Å². The average Bonchev–Trinajstić information content (AvgIpc) is 3.05. The molecule has 1 saturated carbocycles. The Balaban J connectivity index is 1.71. The van der Waals surface area contributed by atoms with Crippen LogP contribution >= 0.6 is 0 Å². The molecule has 1 N–H and O–H groups in total. The number of carbonyl (C=O) groups is 1. The second kappa shape index (κ2) is 10.1. The van der Waals surface area contributed by atoms with Crippen molar-refractivity contribution in [3.8, 4) is 0 Å². The molecule has 164 valence electrons. The first-order valence-corrected chi connectivity index (χ1v) is 12.8. The van der Waals surface area contributed by atoms with Crippen molar-refractivity contribution in [3.05, 3.63) is 11.9 Å². The normalized spacial score (nSPS) is 21.1. The summed E-state index contributed by atoms with van der Waals surface area (Å²) >= 11 is 0. The number of nitrogens with one attached hydrogen (secondary N) is 1. The van der Waals surface area contributed by atoms with Crippen LogP contribution in [0.5, 0.6) is 0 Å². The van der Waals surface area contributed by atoms with Gasteiger partial charge >= 0.3 is 0 Å². The Hall–Kier alpha value is -1.41. The molecule has 1 atom stereocenters. The number of hydrogen-bond acceptors (Lipinski definition) is 5. The number of carbonyl (C=O) groups excluding carboxylic acids is 1. The molecule has 3 rings (SSSR count). The molecule has 0 radical (unpaired) electrons. The summed E-state index contributed by atoms with van der Waals surface area (Å²) in [6.45, 7) is 7.72. The van der Waals surface area contributed by atoms with Gasteiger partial charge in [-0.05, 0) is 50.5 Å². The van der Waals surface area contributed by atoms with Gasteiger partial charge in [0.25, 0.3) is 0 Å². The molecular weight excluding hydrogens is 388 g/mol. The van der Waals surface area contributed by atoms with E-state index in [0.717, 1.165) is 63.7 Å². The van der Waals surface area contributed by atoms with Crippen LogP contribution in [0.25, 0.3) is 0 Å². The van der Waals surface area contributed by atoms with Crippen LogP contribution in [0.15, 0.2) is 11.4 Å². The largest absolute Gasteiger partial charge is 0.356 e. The molecule has 1 saturated heterocycles. The molecule has 7 nitrogen and oxygen atoms in total. The lowest BCUT2D eigenvalue weighted by Crippen LogP contribution is -2.40. The molecule has 0 aromatic carbocycles. The van der Waals surface area contributed by atoms with Crippen molar-refractivity contribution in [1.29, 1.82) is 0 Å². The lowest BCUT2D eigenvalue weighted by Gasteiger charge is -2.33. The zero-order valence-electron chi connectivity index (χ0n) is 17.9. The zero-order valence-corrected chi connectivity index (χ0v) is 18.7. The molecule has 29 heavy (non-hydrogen) atoms. The monoisotopic (exact) mass is 424 g/mol. The number of hydrogen-bond donors (Lipinski definition) is 1. The van der Waals surface area contributed by atoms with Gasteiger partial charge in [-0.25, -0.2) is 13.4 Å². The molecule has 1 aliphatic carbocycles. The Morgan fingerprint density at radius 1 is 1.24 bits per heavy atom. The molecule has 1 unspecified atom stereocenters. The van der Waals surface area contributed by atoms with E-state index in [0.29, 0.717) is 31.5 Å². The number of rotatable bonds is 10. The van der Waals surface area contributed by atoms with Crippen LogP contribution in [0.3, 0.4) is 0 Å². The summed E-state index contributed by atoms with van der Waals surface area (Å²) in [5, 5.41) is 3.19. The number of piperidine rings is 1. The van der Waals surface area contributed by atoms with Crippen molar-refractivity contribution in [3.63, 3.8) is 0 Å². The highest BCUT2D eigenvalue weighted by Gasteiger charge is 2.30. The highest BCUT2D eigenvalue weighted by molar-refractivity contribution is 7.91. The Kier molecular flexibility index (Phi) is 7.73. The number of nitrogens with zero attached hydrogens (tertiary/aromatic N) is 3. The van der Waals surface area contributed by atoms with Crippen LogP contribution in [0, 0.1) is 11.8 Å². The van der Waals surface area contributed by atoms with Gasteiger partial charge in [-0.3, -0.25) is 9.69 Å². The highest BCUT2D eigenvalue weighted by Crippen LogP contribution is 2.30. The number of likely N-dealkylation sites (tertiary alicyclic amines) is 1. The van der Waals surface area contributed by atoms with Crippen LogP contribution in [-0.2, 0) is 27.7 Å². The lowest BCUT2D eigenvalue weighted by atomic mass is 9.87. The fraction of sp³-hybridized carbons (Fsp3) is 0.810. The molecule has 2 fully saturated rings. The predicted octanol–water partition coefficient (Wildman–Crippen LogP) is 2.61. The number of amides is 1. The summed E-state index contributed by atoms with van der Waals surface area (Å²) in [6, 6.07) is 0. The zero-order chi connectivity index (χ0) is 20.9. The molecule has 1 amide bonds. The Labute approximate surface area is 175 Å². The summed E-state index contributed by atoms with van der Waals surface area (Å²) in [4.78, 5) is 18.0. The van der Waals surface area contributed by atoms with E-state index in [1.807, 2.05) is 4.57 Å².